The Morgan fingerprint density at radius 3 is 2.61 bits per heavy atom. The second-order valence-electron chi connectivity index (χ2n) is 10.3. The van der Waals surface area contributed by atoms with Crippen molar-refractivity contribution in [1.29, 1.82) is 0 Å². The molecule has 0 saturated carbocycles. The zero-order chi connectivity index (χ0) is 24.5. The molecule has 0 amide bonds. The van der Waals surface area contributed by atoms with Gasteiger partial charge in [-0.2, -0.15) is 0 Å². The van der Waals surface area contributed by atoms with Crippen molar-refractivity contribution < 1.29 is 14.3 Å². The number of nitrogens with zero attached hydrogens (tertiary/aromatic N) is 2. The fraction of sp³-hybridized carbons (Fsp3) is 0.483. The first-order valence-corrected chi connectivity index (χ1v) is 13.3. The van der Waals surface area contributed by atoms with Crippen LogP contribution in [0.4, 0.5) is 0 Å². The molecule has 190 valence electrons. The summed E-state index contributed by atoms with van der Waals surface area (Å²) in [6.07, 6.45) is 2.59. The zero-order valence-corrected chi connectivity index (χ0v) is 21.0. The molecule has 2 aromatic carbocycles. The molecule has 4 atom stereocenters. The molecule has 0 bridgehead atoms. The van der Waals surface area contributed by atoms with E-state index in [0.29, 0.717) is 12.5 Å². The van der Waals surface area contributed by atoms with Gasteiger partial charge < -0.3 is 19.8 Å². The van der Waals surface area contributed by atoms with Crippen LogP contribution >= 0.6 is 0 Å². The number of H-pyrrole nitrogens is 1. The summed E-state index contributed by atoms with van der Waals surface area (Å²) in [4.78, 5) is 21.9. The number of hydrogen-bond donors (Lipinski definition) is 2. The molecule has 4 heterocycles. The van der Waals surface area contributed by atoms with Crippen LogP contribution in [-0.2, 0) is 20.7 Å². The van der Waals surface area contributed by atoms with Gasteiger partial charge in [-0.1, -0.05) is 48.5 Å². The number of rotatable bonds is 6. The molecule has 2 saturated heterocycles. The fourth-order valence-corrected chi connectivity index (χ4v) is 6.56. The number of para-hydroxylation sites is 1. The zero-order valence-electron chi connectivity index (χ0n) is 21.0. The average molecular weight is 489 g/mol. The smallest absolute Gasteiger partial charge is 0.323 e. The number of carbonyl (C=O) groups excluding carboxylic acids is 1. The number of aromatic nitrogens is 1. The summed E-state index contributed by atoms with van der Waals surface area (Å²) in [6, 6.07) is 19.4. The van der Waals surface area contributed by atoms with Crippen LogP contribution < -0.4 is 5.32 Å². The van der Waals surface area contributed by atoms with E-state index in [-0.39, 0.29) is 24.1 Å². The van der Waals surface area contributed by atoms with Crippen LogP contribution in [0.3, 0.4) is 0 Å². The quantitative estimate of drug-likeness (QED) is 0.518. The molecule has 7 nitrogen and oxygen atoms in total. The predicted molar refractivity (Wildman–Crippen MR) is 140 cm³/mol. The van der Waals surface area contributed by atoms with E-state index in [1.165, 1.54) is 29.3 Å². The highest BCUT2D eigenvalue weighted by Crippen LogP contribution is 2.48. The minimum atomic E-state index is -0.300. The van der Waals surface area contributed by atoms with E-state index < -0.39 is 0 Å². The number of morpholine rings is 1. The highest BCUT2D eigenvalue weighted by atomic mass is 16.5. The summed E-state index contributed by atoms with van der Waals surface area (Å²) in [5, 5.41) is 5.11. The predicted octanol–water partition coefficient (Wildman–Crippen LogP) is 3.43. The van der Waals surface area contributed by atoms with Crippen molar-refractivity contribution in [3.05, 3.63) is 71.4 Å². The van der Waals surface area contributed by atoms with Crippen LogP contribution in [-0.4, -0.2) is 79.3 Å². The SMILES string of the molecule is COC(=O)[C@@H]1Cc2c([nH]c3ccccc23)[C@H]2C[C@H](NCCN3CCOCC3)C[C@@H](c3ccccc3)N21. The molecule has 6 rings (SSSR count). The Hall–Kier alpha value is -2.71. The molecule has 2 fully saturated rings. The van der Waals surface area contributed by atoms with Crippen molar-refractivity contribution in [3.8, 4) is 0 Å². The summed E-state index contributed by atoms with van der Waals surface area (Å²) in [5.74, 6) is -0.143. The maximum atomic E-state index is 13.2. The van der Waals surface area contributed by atoms with E-state index in [0.717, 1.165) is 57.8 Å². The van der Waals surface area contributed by atoms with Crippen LogP contribution in [0, 0.1) is 0 Å². The molecular formula is C29H36N4O3. The van der Waals surface area contributed by atoms with Gasteiger partial charge in [0.15, 0.2) is 0 Å². The topological polar surface area (TPSA) is 69.8 Å². The second kappa shape index (κ2) is 10.3. The van der Waals surface area contributed by atoms with Crippen molar-refractivity contribution in [1.82, 2.24) is 20.1 Å². The van der Waals surface area contributed by atoms with Crippen molar-refractivity contribution in [3.63, 3.8) is 0 Å². The lowest BCUT2D eigenvalue weighted by Gasteiger charge is -2.51. The van der Waals surface area contributed by atoms with E-state index in [1.807, 2.05) is 0 Å². The lowest BCUT2D eigenvalue weighted by atomic mass is 9.79. The Bertz CT molecular complexity index is 1190. The van der Waals surface area contributed by atoms with Gasteiger partial charge >= 0.3 is 5.97 Å². The maximum absolute atomic E-state index is 13.2. The van der Waals surface area contributed by atoms with Gasteiger partial charge in [-0.15, -0.1) is 0 Å². The van der Waals surface area contributed by atoms with Gasteiger partial charge in [-0.25, -0.2) is 0 Å². The Morgan fingerprint density at radius 2 is 1.81 bits per heavy atom. The Morgan fingerprint density at radius 1 is 1.06 bits per heavy atom. The van der Waals surface area contributed by atoms with Crippen LogP contribution in [0.1, 0.15) is 41.7 Å². The molecule has 3 aliphatic heterocycles. The largest absolute Gasteiger partial charge is 0.468 e. The normalized spacial score (nSPS) is 26.9. The molecule has 3 aliphatic rings. The number of fused-ring (bicyclic) bond motifs is 5. The van der Waals surface area contributed by atoms with Gasteiger partial charge in [0.1, 0.15) is 6.04 Å². The van der Waals surface area contributed by atoms with E-state index in [9.17, 15) is 4.79 Å². The van der Waals surface area contributed by atoms with Crippen LogP contribution in [0.2, 0.25) is 0 Å². The van der Waals surface area contributed by atoms with Gasteiger partial charge in [0, 0.05) is 61.3 Å². The summed E-state index contributed by atoms with van der Waals surface area (Å²) >= 11 is 0. The Kier molecular flexibility index (Phi) is 6.80. The van der Waals surface area contributed by atoms with Crippen LogP contribution in [0.25, 0.3) is 10.9 Å². The number of esters is 1. The summed E-state index contributed by atoms with van der Waals surface area (Å²) in [5.41, 5.74) is 4.93. The highest BCUT2D eigenvalue weighted by Gasteiger charge is 2.48. The number of carbonyl (C=O) groups is 1. The van der Waals surface area contributed by atoms with E-state index >= 15 is 0 Å². The van der Waals surface area contributed by atoms with Gasteiger partial charge in [0.2, 0.25) is 0 Å². The van der Waals surface area contributed by atoms with Gasteiger partial charge in [-0.05, 0) is 30.0 Å². The number of piperidine rings is 1. The van der Waals surface area contributed by atoms with Crippen molar-refractivity contribution >= 4 is 16.9 Å². The minimum absolute atomic E-state index is 0.116. The van der Waals surface area contributed by atoms with Crippen LogP contribution in [0.5, 0.6) is 0 Å². The third kappa shape index (κ3) is 4.45. The molecule has 1 aromatic heterocycles. The maximum Gasteiger partial charge on any atom is 0.323 e. The molecular weight excluding hydrogens is 452 g/mol. The van der Waals surface area contributed by atoms with Crippen molar-refractivity contribution in [2.75, 3.05) is 46.5 Å². The molecule has 0 unspecified atom stereocenters. The number of benzene rings is 2. The Balaban J connectivity index is 1.34. The van der Waals surface area contributed by atoms with Crippen molar-refractivity contribution in [2.45, 2.75) is 43.4 Å². The molecule has 2 N–H and O–H groups in total. The second-order valence-corrected chi connectivity index (χ2v) is 10.3. The van der Waals surface area contributed by atoms with E-state index in [4.69, 9.17) is 9.47 Å². The van der Waals surface area contributed by atoms with Crippen LogP contribution in [0.15, 0.2) is 54.6 Å². The van der Waals surface area contributed by atoms with Crippen molar-refractivity contribution in [2.24, 2.45) is 0 Å². The van der Waals surface area contributed by atoms with E-state index in [2.05, 4.69) is 74.7 Å². The number of ether oxygens (including phenoxy) is 2. The first kappa shape index (κ1) is 23.7. The third-order valence-corrected chi connectivity index (χ3v) is 8.29. The molecule has 7 heteroatoms. The lowest BCUT2D eigenvalue weighted by molar-refractivity contribution is -0.152. The van der Waals surface area contributed by atoms with Gasteiger partial charge in [0.25, 0.3) is 0 Å². The third-order valence-electron chi connectivity index (χ3n) is 8.29. The van der Waals surface area contributed by atoms with Gasteiger partial charge in [-0.3, -0.25) is 14.6 Å². The highest BCUT2D eigenvalue weighted by molar-refractivity contribution is 5.87. The minimum Gasteiger partial charge on any atom is -0.468 e. The monoisotopic (exact) mass is 488 g/mol. The standard InChI is InChI=1S/C29H36N4O3/c1-35-29(34)27-19-23-22-9-5-6-10-24(22)31-28(23)26-18-21(30-11-12-32-13-15-36-16-14-32)17-25(33(26)27)20-7-3-2-4-8-20/h2-10,21,25-27,30-31H,11-19H2,1H3/t21-,25+,26-,27+/m1/s1. The van der Waals surface area contributed by atoms with Gasteiger partial charge in [0.05, 0.1) is 26.4 Å². The molecule has 0 spiro atoms. The Labute approximate surface area is 212 Å². The summed E-state index contributed by atoms with van der Waals surface area (Å²) in [6.45, 7) is 5.66. The average Bonchev–Trinajstić information content (AvgIpc) is 3.32. The number of nitrogens with one attached hydrogen (secondary N) is 2. The molecule has 0 aliphatic carbocycles. The number of hydrogen-bond acceptors (Lipinski definition) is 6. The fourth-order valence-electron chi connectivity index (χ4n) is 6.56. The summed E-state index contributed by atoms with van der Waals surface area (Å²) < 4.78 is 10.9. The number of aromatic amines is 1. The molecule has 36 heavy (non-hydrogen) atoms. The lowest BCUT2D eigenvalue weighted by Crippen LogP contribution is -2.56. The van der Waals surface area contributed by atoms with E-state index in [1.54, 1.807) is 0 Å². The molecule has 3 aromatic rings. The molecule has 0 radical (unpaired) electrons. The first-order valence-electron chi connectivity index (χ1n) is 13.3. The summed E-state index contributed by atoms with van der Waals surface area (Å²) in [7, 11) is 1.51. The number of methoxy groups -OCH3 is 1. The first-order chi connectivity index (χ1) is 17.7.